The summed E-state index contributed by atoms with van der Waals surface area (Å²) in [6.45, 7) is 10.3. The Labute approximate surface area is 121 Å². The Morgan fingerprint density at radius 3 is 2.21 bits per heavy atom. The lowest BCUT2D eigenvalue weighted by Crippen LogP contribution is -2.57. The number of nitrogens with two attached hydrogens (primary N) is 1. The molecule has 3 N–H and O–H groups in total. The predicted octanol–water partition coefficient (Wildman–Crippen LogP) is 0.193. The summed E-state index contributed by atoms with van der Waals surface area (Å²) in [6, 6.07) is 0.129. The SMILES string of the molecule is CCNC(=O)C(C)N1CCN(C(CC)C(N)=S)CC1. The zero-order valence-corrected chi connectivity index (χ0v) is 13.0. The highest BCUT2D eigenvalue weighted by Gasteiger charge is 2.28. The van der Waals surface area contributed by atoms with Crippen molar-refractivity contribution in [2.24, 2.45) is 5.73 Å². The van der Waals surface area contributed by atoms with E-state index in [-0.39, 0.29) is 18.0 Å². The monoisotopic (exact) mass is 286 g/mol. The van der Waals surface area contributed by atoms with E-state index in [0.717, 1.165) is 32.6 Å². The molecule has 2 unspecified atom stereocenters. The van der Waals surface area contributed by atoms with Crippen LogP contribution in [-0.2, 0) is 4.79 Å². The molecular weight excluding hydrogens is 260 g/mol. The molecule has 2 atom stereocenters. The van der Waals surface area contributed by atoms with E-state index in [1.54, 1.807) is 0 Å². The second-order valence-electron chi connectivity index (χ2n) is 4.97. The van der Waals surface area contributed by atoms with E-state index in [2.05, 4.69) is 22.0 Å². The number of piperazine rings is 1. The molecule has 1 aliphatic rings. The number of carbonyl (C=O) groups is 1. The smallest absolute Gasteiger partial charge is 0.237 e. The minimum absolute atomic E-state index is 0.0630. The van der Waals surface area contributed by atoms with Crippen LogP contribution in [0.1, 0.15) is 27.2 Å². The average Bonchev–Trinajstić information content (AvgIpc) is 2.39. The second-order valence-corrected chi connectivity index (χ2v) is 5.44. The van der Waals surface area contributed by atoms with Crippen LogP contribution in [-0.4, -0.2) is 65.5 Å². The van der Waals surface area contributed by atoms with Crippen LogP contribution in [0.25, 0.3) is 0 Å². The number of nitrogens with zero attached hydrogens (tertiary/aromatic N) is 2. The Balaban J connectivity index is 2.48. The van der Waals surface area contributed by atoms with Gasteiger partial charge in [0.2, 0.25) is 5.91 Å². The molecule has 0 saturated carbocycles. The van der Waals surface area contributed by atoms with Crippen molar-refractivity contribution < 1.29 is 4.79 Å². The van der Waals surface area contributed by atoms with Crippen LogP contribution in [0, 0.1) is 0 Å². The Kier molecular flexibility index (Phi) is 6.68. The number of thiocarbonyl (C=S) groups is 1. The molecule has 0 spiro atoms. The summed E-state index contributed by atoms with van der Waals surface area (Å²) in [5.74, 6) is 0.109. The van der Waals surface area contributed by atoms with Gasteiger partial charge >= 0.3 is 0 Å². The van der Waals surface area contributed by atoms with E-state index in [4.69, 9.17) is 18.0 Å². The number of likely N-dealkylation sites (N-methyl/N-ethyl adjacent to an activating group) is 1. The summed E-state index contributed by atoms with van der Waals surface area (Å²) >= 11 is 5.11. The Hall–Kier alpha value is -0.720. The van der Waals surface area contributed by atoms with Gasteiger partial charge in [-0.1, -0.05) is 19.1 Å². The molecule has 19 heavy (non-hydrogen) atoms. The summed E-state index contributed by atoms with van der Waals surface area (Å²) in [5.41, 5.74) is 5.77. The Morgan fingerprint density at radius 2 is 1.79 bits per heavy atom. The zero-order chi connectivity index (χ0) is 14.4. The van der Waals surface area contributed by atoms with Crippen molar-refractivity contribution in [3.8, 4) is 0 Å². The van der Waals surface area contributed by atoms with Gasteiger partial charge in [0.05, 0.1) is 17.1 Å². The maximum atomic E-state index is 11.8. The van der Waals surface area contributed by atoms with Crippen LogP contribution in [0.2, 0.25) is 0 Å². The van der Waals surface area contributed by atoms with Gasteiger partial charge in [0.25, 0.3) is 0 Å². The van der Waals surface area contributed by atoms with Gasteiger partial charge in [0, 0.05) is 32.7 Å². The number of rotatable bonds is 6. The topological polar surface area (TPSA) is 61.6 Å². The fourth-order valence-corrected chi connectivity index (χ4v) is 2.88. The van der Waals surface area contributed by atoms with Crippen molar-refractivity contribution in [2.45, 2.75) is 39.3 Å². The summed E-state index contributed by atoms with van der Waals surface area (Å²) in [4.78, 5) is 16.9. The maximum absolute atomic E-state index is 11.8. The largest absolute Gasteiger partial charge is 0.392 e. The summed E-state index contributed by atoms with van der Waals surface area (Å²) in [7, 11) is 0. The van der Waals surface area contributed by atoms with Gasteiger partial charge in [-0.2, -0.15) is 0 Å². The van der Waals surface area contributed by atoms with Crippen molar-refractivity contribution in [1.29, 1.82) is 0 Å². The number of hydrogen-bond acceptors (Lipinski definition) is 4. The van der Waals surface area contributed by atoms with Crippen molar-refractivity contribution in [2.75, 3.05) is 32.7 Å². The van der Waals surface area contributed by atoms with Crippen LogP contribution in [0.3, 0.4) is 0 Å². The number of amides is 1. The van der Waals surface area contributed by atoms with Gasteiger partial charge in [-0.25, -0.2) is 0 Å². The van der Waals surface area contributed by atoms with E-state index in [9.17, 15) is 4.79 Å². The van der Waals surface area contributed by atoms with Crippen molar-refractivity contribution in [3.63, 3.8) is 0 Å². The lowest BCUT2D eigenvalue weighted by Gasteiger charge is -2.40. The highest BCUT2D eigenvalue weighted by molar-refractivity contribution is 7.80. The molecule has 0 radical (unpaired) electrons. The van der Waals surface area contributed by atoms with E-state index >= 15 is 0 Å². The summed E-state index contributed by atoms with van der Waals surface area (Å²) in [5, 5.41) is 2.87. The molecule has 0 aromatic heterocycles. The first-order valence-corrected chi connectivity index (χ1v) is 7.47. The van der Waals surface area contributed by atoms with E-state index < -0.39 is 0 Å². The predicted molar refractivity (Wildman–Crippen MR) is 82.2 cm³/mol. The van der Waals surface area contributed by atoms with Gasteiger partial charge in [0.15, 0.2) is 0 Å². The minimum Gasteiger partial charge on any atom is -0.392 e. The molecule has 1 saturated heterocycles. The normalized spacial score (nSPS) is 20.8. The van der Waals surface area contributed by atoms with Crippen LogP contribution >= 0.6 is 12.2 Å². The van der Waals surface area contributed by atoms with Gasteiger partial charge in [-0.05, 0) is 20.3 Å². The first-order chi connectivity index (χ1) is 9.01. The molecule has 0 aromatic rings. The molecule has 0 bridgehead atoms. The molecule has 0 aliphatic carbocycles. The minimum atomic E-state index is -0.0630. The lowest BCUT2D eigenvalue weighted by molar-refractivity contribution is -0.126. The zero-order valence-electron chi connectivity index (χ0n) is 12.2. The van der Waals surface area contributed by atoms with Crippen molar-refractivity contribution in [1.82, 2.24) is 15.1 Å². The highest BCUT2D eigenvalue weighted by Crippen LogP contribution is 2.12. The quantitative estimate of drug-likeness (QED) is 0.683. The molecule has 6 heteroatoms. The molecule has 1 aliphatic heterocycles. The lowest BCUT2D eigenvalue weighted by atomic mass is 10.1. The van der Waals surface area contributed by atoms with Gasteiger partial charge in [-0.3, -0.25) is 14.6 Å². The van der Waals surface area contributed by atoms with Gasteiger partial charge < -0.3 is 11.1 Å². The molecule has 5 nitrogen and oxygen atoms in total. The molecule has 1 rings (SSSR count). The summed E-state index contributed by atoms with van der Waals surface area (Å²) < 4.78 is 0. The van der Waals surface area contributed by atoms with Crippen LogP contribution in [0.15, 0.2) is 0 Å². The van der Waals surface area contributed by atoms with Gasteiger partial charge in [-0.15, -0.1) is 0 Å². The fourth-order valence-electron chi connectivity index (χ4n) is 2.56. The maximum Gasteiger partial charge on any atom is 0.237 e. The van der Waals surface area contributed by atoms with Crippen LogP contribution < -0.4 is 11.1 Å². The molecule has 1 heterocycles. The summed E-state index contributed by atoms with van der Waals surface area (Å²) in [6.07, 6.45) is 0.946. The van der Waals surface area contributed by atoms with Gasteiger partial charge in [0.1, 0.15) is 0 Å². The first-order valence-electron chi connectivity index (χ1n) is 7.06. The fraction of sp³-hybridized carbons (Fsp3) is 0.846. The average molecular weight is 286 g/mol. The second kappa shape index (κ2) is 7.77. The molecule has 110 valence electrons. The Bertz CT molecular complexity index is 316. The first kappa shape index (κ1) is 16.3. The third-order valence-electron chi connectivity index (χ3n) is 3.78. The standard InChI is InChI=1S/C13H26N4OS/c1-4-11(12(14)19)17-8-6-16(7-9-17)10(3)13(18)15-5-2/h10-11H,4-9H2,1-3H3,(H2,14,19)(H,15,18). The van der Waals surface area contributed by atoms with Crippen LogP contribution in [0.5, 0.6) is 0 Å². The van der Waals surface area contributed by atoms with E-state index in [1.807, 2.05) is 13.8 Å². The third kappa shape index (κ3) is 4.40. The molecule has 1 amide bonds. The van der Waals surface area contributed by atoms with Crippen LogP contribution in [0.4, 0.5) is 0 Å². The van der Waals surface area contributed by atoms with E-state index in [1.165, 1.54) is 0 Å². The number of carbonyl (C=O) groups excluding carboxylic acids is 1. The molecule has 0 aromatic carbocycles. The third-order valence-corrected chi connectivity index (χ3v) is 4.05. The van der Waals surface area contributed by atoms with Crippen molar-refractivity contribution >= 4 is 23.1 Å². The molecular formula is C13H26N4OS. The molecule has 1 fully saturated rings. The Morgan fingerprint density at radius 1 is 1.26 bits per heavy atom. The van der Waals surface area contributed by atoms with E-state index in [0.29, 0.717) is 11.5 Å². The van der Waals surface area contributed by atoms with Crippen molar-refractivity contribution in [3.05, 3.63) is 0 Å². The number of hydrogen-bond donors (Lipinski definition) is 2. The number of nitrogens with one attached hydrogen (secondary N) is 1. The highest BCUT2D eigenvalue weighted by atomic mass is 32.1.